The lowest BCUT2D eigenvalue weighted by atomic mass is 10.1. The average molecular weight is 304 g/mol. The van der Waals surface area contributed by atoms with Crippen LogP contribution in [0.3, 0.4) is 0 Å². The van der Waals surface area contributed by atoms with Gasteiger partial charge in [-0.3, -0.25) is 4.79 Å². The molecule has 0 aliphatic heterocycles. The fourth-order valence-electron chi connectivity index (χ4n) is 2.09. The molecule has 0 aliphatic rings. The third-order valence-electron chi connectivity index (χ3n) is 3.22. The normalized spacial score (nSPS) is 12.1. The highest BCUT2D eigenvalue weighted by molar-refractivity contribution is 5.78. The average Bonchev–Trinajstić information content (AvgIpc) is 2.96. The van der Waals surface area contributed by atoms with Crippen LogP contribution in [0.25, 0.3) is 11.3 Å². The monoisotopic (exact) mass is 304 g/mol. The Labute approximate surface area is 129 Å². The molecule has 0 fully saturated rings. The summed E-state index contributed by atoms with van der Waals surface area (Å²) in [4.78, 5) is 13.5. The molecule has 0 saturated carbocycles. The second-order valence-electron chi connectivity index (χ2n) is 5.11. The van der Waals surface area contributed by atoms with Crippen LogP contribution in [0.15, 0.2) is 40.9 Å². The van der Waals surface area contributed by atoms with E-state index in [1.165, 1.54) is 12.0 Å². The van der Waals surface area contributed by atoms with E-state index in [1.807, 2.05) is 30.3 Å². The molecule has 1 heterocycles. The van der Waals surface area contributed by atoms with Gasteiger partial charge in [0.15, 0.2) is 5.76 Å². The molecule has 1 aromatic heterocycles. The maximum Gasteiger partial charge on any atom is 0.228 e. The second kappa shape index (κ2) is 7.72. The summed E-state index contributed by atoms with van der Waals surface area (Å²) in [6.45, 7) is 0.413. The van der Waals surface area contributed by atoms with E-state index < -0.39 is 6.10 Å². The standard InChI is InChI=1S/C16H20N2O4/c1-18(10-14(19)11-21-2)16(20)9-13-8-15(22-17-13)12-6-4-3-5-7-12/h3-8,14,19H,9-11H2,1-2H3. The summed E-state index contributed by atoms with van der Waals surface area (Å²) in [5.41, 5.74) is 1.48. The summed E-state index contributed by atoms with van der Waals surface area (Å²) in [5.74, 6) is 0.494. The Hall–Kier alpha value is -2.18. The summed E-state index contributed by atoms with van der Waals surface area (Å²) in [7, 11) is 3.14. The van der Waals surface area contributed by atoms with Crippen molar-refractivity contribution in [3.8, 4) is 11.3 Å². The first-order valence-electron chi connectivity index (χ1n) is 7.02. The van der Waals surface area contributed by atoms with Crippen LogP contribution >= 0.6 is 0 Å². The molecule has 0 radical (unpaired) electrons. The fourth-order valence-corrected chi connectivity index (χ4v) is 2.09. The van der Waals surface area contributed by atoms with E-state index in [0.717, 1.165) is 5.56 Å². The van der Waals surface area contributed by atoms with Crippen LogP contribution in [0.2, 0.25) is 0 Å². The molecule has 1 amide bonds. The Bertz CT molecular complexity index is 597. The molecule has 0 spiro atoms. The Morgan fingerprint density at radius 3 is 2.82 bits per heavy atom. The van der Waals surface area contributed by atoms with Gasteiger partial charge in [-0.25, -0.2) is 0 Å². The topological polar surface area (TPSA) is 75.8 Å². The molecule has 0 saturated heterocycles. The number of carbonyl (C=O) groups is 1. The van der Waals surface area contributed by atoms with Crippen LogP contribution < -0.4 is 0 Å². The SMILES string of the molecule is COCC(O)CN(C)C(=O)Cc1cc(-c2ccccc2)on1. The number of ether oxygens (including phenoxy) is 1. The van der Waals surface area contributed by atoms with Gasteiger partial charge in [-0.2, -0.15) is 0 Å². The zero-order valence-electron chi connectivity index (χ0n) is 12.7. The lowest BCUT2D eigenvalue weighted by molar-refractivity contribution is -0.130. The van der Waals surface area contributed by atoms with Crippen molar-refractivity contribution in [3.05, 3.63) is 42.1 Å². The number of hydrogen-bond donors (Lipinski definition) is 1. The van der Waals surface area contributed by atoms with E-state index in [0.29, 0.717) is 11.5 Å². The lowest BCUT2D eigenvalue weighted by Gasteiger charge is -2.19. The van der Waals surface area contributed by atoms with E-state index in [9.17, 15) is 9.90 Å². The van der Waals surface area contributed by atoms with Crippen molar-refractivity contribution < 1.29 is 19.2 Å². The largest absolute Gasteiger partial charge is 0.389 e. The van der Waals surface area contributed by atoms with E-state index in [1.54, 1.807) is 13.1 Å². The molecule has 6 nitrogen and oxygen atoms in total. The van der Waals surface area contributed by atoms with Crippen molar-refractivity contribution in [1.82, 2.24) is 10.1 Å². The van der Waals surface area contributed by atoms with Gasteiger partial charge in [0.2, 0.25) is 5.91 Å². The smallest absolute Gasteiger partial charge is 0.228 e. The molecular weight excluding hydrogens is 284 g/mol. The summed E-state index contributed by atoms with van der Waals surface area (Å²) in [6, 6.07) is 11.3. The maximum atomic E-state index is 12.1. The minimum atomic E-state index is -0.698. The highest BCUT2D eigenvalue weighted by Gasteiger charge is 2.16. The molecule has 1 atom stereocenters. The molecule has 2 aromatic rings. The number of aliphatic hydroxyl groups excluding tert-OH is 1. The number of rotatable bonds is 7. The number of amides is 1. The number of likely N-dealkylation sites (N-methyl/N-ethyl adjacent to an activating group) is 1. The Balaban J connectivity index is 1.94. The van der Waals surface area contributed by atoms with Crippen molar-refractivity contribution >= 4 is 5.91 Å². The lowest BCUT2D eigenvalue weighted by Crippen LogP contribution is -2.37. The summed E-state index contributed by atoms with van der Waals surface area (Å²) in [5, 5.41) is 13.6. The van der Waals surface area contributed by atoms with E-state index in [4.69, 9.17) is 9.26 Å². The highest BCUT2D eigenvalue weighted by atomic mass is 16.5. The van der Waals surface area contributed by atoms with Crippen LogP contribution in [0.4, 0.5) is 0 Å². The molecule has 0 aliphatic carbocycles. The fraction of sp³-hybridized carbons (Fsp3) is 0.375. The number of aliphatic hydroxyl groups is 1. The van der Waals surface area contributed by atoms with E-state index in [-0.39, 0.29) is 25.5 Å². The van der Waals surface area contributed by atoms with E-state index >= 15 is 0 Å². The van der Waals surface area contributed by atoms with Gasteiger partial charge in [0.25, 0.3) is 0 Å². The molecule has 1 N–H and O–H groups in total. The van der Waals surface area contributed by atoms with E-state index in [2.05, 4.69) is 5.16 Å². The van der Waals surface area contributed by atoms with Gasteiger partial charge in [0.05, 0.1) is 24.8 Å². The molecule has 0 bridgehead atoms. The molecule has 1 unspecified atom stereocenters. The predicted molar refractivity (Wildman–Crippen MR) is 81.2 cm³/mol. The number of aromatic nitrogens is 1. The van der Waals surface area contributed by atoms with Crippen molar-refractivity contribution in [3.63, 3.8) is 0 Å². The third kappa shape index (κ3) is 4.41. The first-order chi connectivity index (χ1) is 10.6. The zero-order valence-corrected chi connectivity index (χ0v) is 12.7. The highest BCUT2D eigenvalue weighted by Crippen LogP contribution is 2.20. The van der Waals surface area contributed by atoms with Gasteiger partial charge in [0, 0.05) is 32.3 Å². The summed E-state index contributed by atoms with van der Waals surface area (Å²) >= 11 is 0. The van der Waals surface area contributed by atoms with Crippen molar-refractivity contribution in [1.29, 1.82) is 0 Å². The predicted octanol–water partition coefficient (Wildman–Crippen LogP) is 1.35. The number of methoxy groups -OCH3 is 1. The van der Waals surface area contributed by atoms with Crippen LogP contribution in [-0.4, -0.2) is 54.5 Å². The number of carbonyl (C=O) groups excluding carboxylic acids is 1. The molecule has 6 heteroatoms. The Morgan fingerprint density at radius 1 is 1.41 bits per heavy atom. The quantitative estimate of drug-likeness (QED) is 0.835. The summed E-state index contributed by atoms with van der Waals surface area (Å²) in [6.07, 6.45) is -0.567. The third-order valence-corrected chi connectivity index (χ3v) is 3.22. The first-order valence-corrected chi connectivity index (χ1v) is 7.02. The Morgan fingerprint density at radius 2 is 2.14 bits per heavy atom. The maximum absolute atomic E-state index is 12.1. The Kier molecular flexibility index (Phi) is 5.68. The number of benzene rings is 1. The molecular formula is C16H20N2O4. The van der Waals surface area contributed by atoms with Gasteiger partial charge in [0.1, 0.15) is 0 Å². The van der Waals surface area contributed by atoms with Crippen LogP contribution in [-0.2, 0) is 16.0 Å². The van der Waals surface area contributed by atoms with Gasteiger partial charge in [-0.15, -0.1) is 0 Å². The minimum Gasteiger partial charge on any atom is -0.389 e. The molecule has 2 rings (SSSR count). The zero-order chi connectivity index (χ0) is 15.9. The molecule has 22 heavy (non-hydrogen) atoms. The van der Waals surface area contributed by atoms with Crippen LogP contribution in [0.5, 0.6) is 0 Å². The minimum absolute atomic E-state index is 0.131. The van der Waals surface area contributed by atoms with Crippen molar-refractivity contribution in [2.75, 3.05) is 27.3 Å². The first kappa shape index (κ1) is 16.2. The van der Waals surface area contributed by atoms with Gasteiger partial charge in [-0.05, 0) is 0 Å². The van der Waals surface area contributed by atoms with Gasteiger partial charge in [-0.1, -0.05) is 35.5 Å². The van der Waals surface area contributed by atoms with Gasteiger partial charge < -0.3 is 19.3 Å². The molecule has 118 valence electrons. The number of hydrogen-bond acceptors (Lipinski definition) is 5. The van der Waals surface area contributed by atoms with Crippen molar-refractivity contribution in [2.45, 2.75) is 12.5 Å². The summed E-state index contributed by atoms with van der Waals surface area (Å²) < 4.78 is 10.1. The molecule has 1 aromatic carbocycles. The van der Waals surface area contributed by atoms with Crippen LogP contribution in [0.1, 0.15) is 5.69 Å². The van der Waals surface area contributed by atoms with Gasteiger partial charge >= 0.3 is 0 Å². The second-order valence-corrected chi connectivity index (χ2v) is 5.11. The van der Waals surface area contributed by atoms with Crippen LogP contribution in [0, 0.1) is 0 Å². The number of nitrogens with zero attached hydrogens (tertiary/aromatic N) is 2. The van der Waals surface area contributed by atoms with Crippen molar-refractivity contribution in [2.24, 2.45) is 0 Å².